The summed E-state index contributed by atoms with van der Waals surface area (Å²) in [6, 6.07) is 16.6. The van der Waals surface area contributed by atoms with Crippen LogP contribution in [-0.4, -0.2) is 40.7 Å². The number of aromatic nitrogens is 1. The van der Waals surface area contributed by atoms with Crippen molar-refractivity contribution in [3.05, 3.63) is 83.7 Å². The monoisotopic (exact) mass is 473 g/mol. The van der Waals surface area contributed by atoms with Crippen molar-refractivity contribution < 1.29 is 24.2 Å². The van der Waals surface area contributed by atoms with Gasteiger partial charge in [0.2, 0.25) is 5.91 Å². The summed E-state index contributed by atoms with van der Waals surface area (Å²) in [4.78, 5) is 40.6. The van der Waals surface area contributed by atoms with Gasteiger partial charge in [0, 0.05) is 12.1 Å². The molecule has 1 atom stereocenters. The summed E-state index contributed by atoms with van der Waals surface area (Å²) >= 11 is 0. The minimum atomic E-state index is -1.15. The Hall–Kier alpha value is -4.20. The molecule has 3 N–H and O–H groups in total. The van der Waals surface area contributed by atoms with Gasteiger partial charge in [-0.25, -0.2) is 9.59 Å². The van der Waals surface area contributed by atoms with Gasteiger partial charge in [-0.05, 0) is 34.7 Å². The summed E-state index contributed by atoms with van der Waals surface area (Å²) in [7, 11) is 0. The summed E-state index contributed by atoms with van der Waals surface area (Å²) in [5, 5.41) is 14.4. The average Bonchev–Trinajstić information content (AvgIpc) is 3.19. The van der Waals surface area contributed by atoms with Crippen LogP contribution in [0.5, 0.6) is 0 Å². The number of unbranched alkanes of at least 4 members (excludes halogenated alkanes) is 1. The van der Waals surface area contributed by atoms with Gasteiger partial charge < -0.3 is 20.5 Å². The first kappa shape index (κ1) is 23.9. The van der Waals surface area contributed by atoms with E-state index in [9.17, 15) is 14.4 Å². The third-order valence-corrected chi connectivity index (χ3v) is 6.05. The lowest BCUT2D eigenvalue weighted by atomic mass is 9.98. The Balaban J connectivity index is 1.41. The van der Waals surface area contributed by atoms with Crippen LogP contribution in [0.4, 0.5) is 10.5 Å². The number of hydrogen-bond acceptors (Lipinski definition) is 5. The van der Waals surface area contributed by atoms with Gasteiger partial charge in [-0.1, -0.05) is 68.3 Å². The van der Waals surface area contributed by atoms with E-state index in [4.69, 9.17) is 9.84 Å². The number of fused-ring (bicyclic) bond motifs is 3. The van der Waals surface area contributed by atoms with Crippen LogP contribution in [0.25, 0.3) is 11.1 Å². The maximum absolute atomic E-state index is 12.9. The van der Waals surface area contributed by atoms with Gasteiger partial charge in [0.15, 0.2) is 0 Å². The van der Waals surface area contributed by atoms with E-state index in [0.29, 0.717) is 6.42 Å². The van der Waals surface area contributed by atoms with Gasteiger partial charge in [-0.15, -0.1) is 0 Å². The Kier molecular flexibility index (Phi) is 7.40. The van der Waals surface area contributed by atoms with Crippen LogP contribution in [-0.2, 0) is 9.53 Å². The van der Waals surface area contributed by atoms with Crippen molar-refractivity contribution >= 4 is 23.7 Å². The zero-order chi connectivity index (χ0) is 24.8. The van der Waals surface area contributed by atoms with Crippen molar-refractivity contribution in [2.45, 2.75) is 38.1 Å². The molecule has 2 aromatic carbocycles. The molecule has 0 bridgehead atoms. The van der Waals surface area contributed by atoms with Gasteiger partial charge in [0.25, 0.3) is 0 Å². The first-order valence-electron chi connectivity index (χ1n) is 11.6. The summed E-state index contributed by atoms with van der Waals surface area (Å²) in [5.41, 5.74) is 4.67. The standard InChI is InChI=1S/C27H27N3O5/c1-2-3-12-24(25(31)29-18-13-17(26(32)33)14-28-15-18)30-27(34)35-16-23-21-10-6-4-8-19(21)20-9-5-7-11-22(20)23/h4-11,13-15,23-24H,2-3,12,16H2,1H3,(H,29,31)(H,30,34)(H,32,33)/t24-/m0/s1. The Bertz CT molecular complexity index is 1200. The number of ether oxygens (including phenoxy) is 1. The number of anilines is 1. The molecule has 1 aliphatic carbocycles. The fourth-order valence-electron chi connectivity index (χ4n) is 4.31. The van der Waals surface area contributed by atoms with Crippen LogP contribution >= 0.6 is 0 Å². The van der Waals surface area contributed by atoms with Gasteiger partial charge in [0.05, 0.1) is 17.4 Å². The zero-order valence-electron chi connectivity index (χ0n) is 19.4. The van der Waals surface area contributed by atoms with Crippen LogP contribution in [0.15, 0.2) is 67.0 Å². The lowest BCUT2D eigenvalue weighted by Gasteiger charge is -2.19. The number of carboxylic acids is 1. The van der Waals surface area contributed by atoms with Crippen molar-refractivity contribution in [1.29, 1.82) is 0 Å². The SMILES string of the molecule is CCCC[C@H](NC(=O)OCC1c2ccccc2-c2ccccc21)C(=O)Nc1cncc(C(=O)O)c1. The number of benzene rings is 2. The molecule has 2 amide bonds. The molecule has 0 saturated carbocycles. The van der Waals surface area contributed by atoms with E-state index in [1.807, 2.05) is 43.3 Å². The quantitative estimate of drug-likeness (QED) is 0.410. The molecule has 35 heavy (non-hydrogen) atoms. The number of carbonyl (C=O) groups is 3. The average molecular weight is 474 g/mol. The van der Waals surface area contributed by atoms with Crippen molar-refractivity contribution in [1.82, 2.24) is 10.3 Å². The number of amides is 2. The predicted octanol–water partition coefficient (Wildman–Crippen LogP) is 4.82. The number of nitrogens with zero attached hydrogens (tertiary/aromatic N) is 1. The molecule has 8 heteroatoms. The van der Waals surface area contributed by atoms with Crippen molar-refractivity contribution in [2.75, 3.05) is 11.9 Å². The van der Waals surface area contributed by atoms with Crippen molar-refractivity contribution in [2.24, 2.45) is 0 Å². The van der Waals surface area contributed by atoms with E-state index in [-0.39, 0.29) is 23.8 Å². The van der Waals surface area contributed by atoms with Crippen molar-refractivity contribution in [3.8, 4) is 11.1 Å². The number of rotatable bonds is 9. The zero-order valence-corrected chi connectivity index (χ0v) is 19.4. The number of hydrogen-bond donors (Lipinski definition) is 3. The van der Waals surface area contributed by atoms with E-state index in [0.717, 1.165) is 35.1 Å². The Morgan fingerprint density at radius 2 is 1.69 bits per heavy atom. The third kappa shape index (κ3) is 5.48. The molecule has 180 valence electrons. The summed E-state index contributed by atoms with van der Waals surface area (Å²) in [5.74, 6) is -1.69. The first-order chi connectivity index (χ1) is 17.0. The lowest BCUT2D eigenvalue weighted by molar-refractivity contribution is -0.118. The second-order valence-electron chi connectivity index (χ2n) is 8.42. The lowest BCUT2D eigenvalue weighted by Crippen LogP contribution is -2.44. The molecular weight excluding hydrogens is 446 g/mol. The van der Waals surface area contributed by atoms with Gasteiger partial charge in [0.1, 0.15) is 12.6 Å². The molecule has 0 unspecified atom stereocenters. The first-order valence-corrected chi connectivity index (χ1v) is 11.6. The molecule has 4 rings (SSSR count). The van der Waals surface area contributed by atoms with Crippen LogP contribution in [0.3, 0.4) is 0 Å². The minimum absolute atomic E-state index is 0.0441. The van der Waals surface area contributed by atoms with Crippen molar-refractivity contribution in [3.63, 3.8) is 0 Å². The molecule has 1 aromatic heterocycles. The smallest absolute Gasteiger partial charge is 0.407 e. The Morgan fingerprint density at radius 3 is 2.31 bits per heavy atom. The molecule has 0 radical (unpaired) electrons. The molecule has 1 heterocycles. The predicted molar refractivity (Wildman–Crippen MR) is 131 cm³/mol. The molecule has 0 spiro atoms. The topological polar surface area (TPSA) is 118 Å². The molecule has 0 aliphatic heterocycles. The van der Waals surface area contributed by atoms with Gasteiger partial charge >= 0.3 is 12.1 Å². The molecule has 0 saturated heterocycles. The summed E-state index contributed by atoms with van der Waals surface area (Å²) in [6.07, 6.45) is 3.84. The summed E-state index contributed by atoms with van der Waals surface area (Å²) < 4.78 is 5.58. The number of carboxylic acid groups (broad SMARTS) is 1. The fourth-order valence-corrected chi connectivity index (χ4v) is 4.31. The molecule has 1 aliphatic rings. The van der Waals surface area contributed by atoms with E-state index in [1.54, 1.807) is 0 Å². The van der Waals surface area contributed by atoms with E-state index in [2.05, 4.69) is 27.8 Å². The van der Waals surface area contributed by atoms with Crippen LogP contribution in [0, 0.1) is 0 Å². The molecule has 8 nitrogen and oxygen atoms in total. The Morgan fingerprint density at radius 1 is 1.03 bits per heavy atom. The highest BCUT2D eigenvalue weighted by Gasteiger charge is 2.29. The second-order valence-corrected chi connectivity index (χ2v) is 8.42. The van der Waals surface area contributed by atoms with Gasteiger partial charge in [-0.2, -0.15) is 0 Å². The van der Waals surface area contributed by atoms with Gasteiger partial charge in [-0.3, -0.25) is 9.78 Å². The molecule has 0 fully saturated rings. The largest absolute Gasteiger partial charge is 0.478 e. The minimum Gasteiger partial charge on any atom is -0.478 e. The number of carbonyl (C=O) groups excluding carboxylic acids is 2. The van der Waals surface area contributed by atoms with E-state index in [1.165, 1.54) is 18.5 Å². The number of nitrogens with one attached hydrogen (secondary N) is 2. The van der Waals surface area contributed by atoms with Crippen LogP contribution in [0.2, 0.25) is 0 Å². The highest BCUT2D eigenvalue weighted by molar-refractivity contribution is 5.97. The molecule has 3 aromatic rings. The normalized spacial score (nSPS) is 12.8. The Labute approximate surface area is 203 Å². The van der Waals surface area contributed by atoms with Crippen LogP contribution < -0.4 is 10.6 Å². The number of pyridine rings is 1. The third-order valence-electron chi connectivity index (χ3n) is 6.05. The number of alkyl carbamates (subject to hydrolysis) is 1. The fraction of sp³-hybridized carbons (Fsp3) is 0.259. The highest BCUT2D eigenvalue weighted by atomic mass is 16.5. The second kappa shape index (κ2) is 10.8. The van der Waals surface area contributed by atoms with E-state index >= 15 is 0 Å². The maximum atomic E-state index is 12.9. The van der Waals surface area contributed by atoms with E-state index < -0.39 is 24.0 Å². The molecular formula is C27H27N3O5. The highest BCUT2D eigenvalue weighted by Crippen LogP contribution is 2.44. The maximum Gasteiger partial charge on any atom is 0.407 e. The number of aromatic carboxylic acids is 1. The van der Waals surface area contributed by atoms with Crippen LogP contribution in [0.1, 0.15) is 53.6 Å². The summed E-state index contributed by atoms with van der Waals surface area (Å²) in [6.45, 7) is 2.13.